The van der Waals surface area contributed by atoms with Crippen molar-refractivity contribution >= 4 is 27.3 Å². The first-order chi connectivity index (χ1) is 7.49. The van der Waals surface area contributed by atoms with Crippen LogP contribution in [-0.4, -0.2) is 5.11 Å². The number of thiophene rings is 1. The van der Waals surface area contributed by atoms with Gasteiger partial charge in [-0.2, -0.15) is 0 Å². The molecule has 16 heavy (non-hydrogen) atoms. The molecule has 0 spiro atoms. The van der Waals surface area contributed by atoms with E-state index in [1.807, 2.05) is 11.4 Å². The van der Waals surface area contributed by atoms with E-state index in [2.05, 4.69) is 29.8 Å². The molecule has 1 N–H and O–H groups in total. The molecule has 1 atom stereocenters. The average molecular weight is 303 g/mol. The number of hydrogen-bond donors (Lipinski definition) is 1. The van der Waals surface area contributed by atoms with Crippen LogP contribution in [0.3, 0.4) is 0 Å². The molecule has 1 unspecified atom stereocenters. The van der Waals surface area contributed by atoms with Crippen LogP contribution in [0, 0.1) is 11.3 Å². The summed E-state index contributed by atoms with van der Waals surface area (Å²) in [5, 5.41) is 12.4. The number of rotatable bonds is 2. The summed E-state index contributed by atoms with van der Waals surface area (Å²) in [4.78, 5) is 1.10. The summed E-state index contributed by atoms with van der Waals surface area (Å²) in [6, 6.07) is 2.02. The van der Waals surface area contributed by atoms with Crippen molar-refractivity contribution in [2.45, 2.75) is 45.6 Å². The zero-order valence-electron chi connectivity index (χ0n) is 9.87. The third-order valence-electron chi connectivity index (χ3n) is 3.74. The van der Waals surface area contributed by atoms with Crippen LogP contribution < -0.4 is 0 Å². The summed E-state index contributed by atoms with van der Waals surface area (Å²) >= 11 is 5.16. The molecule has 2 rings (SSSR count). The van der Waals surface area contributed by atoms with Gasteiger partial charge in [-0.15, -0.1) is 11.3 Å². The Hall–Kier alpha value is 0.140. The van der Waals surface area contributed by atoms with Gasteiger partial charge in [0.25, 0.3) is 0 Å². The monoisotopic (exact) mass is 302 g/mol. The lowest BCUT2D eigenvalue weighted by Gasteiger charge is -2.36. The molecule has 0 aliphatic heterocycles. The minimum atomic E-state index is -0.273. The van der Waals surface area contributed by atoms with Crippen molar-refractivity contribution in [2.75, 3.05) is 0 Å². The van der Waals surface area contributed by atoms with Crippen LogP contribution in [-0.2, 0) is 0 Å². The highest BCUT2D eigenvalue weighted by Crippen LogP contribution is 2.44. The molecule has 1 fully saturated rings. The number of hydrogen-bond acceptors (Lipinski definition) is 2. The largest absolute Gasteiger partial charge is 0.387 e. The van der Waals surface area contributed by atoms with E-state index in [4.69, 9.17) is 0 Å². The van der Waals surface area contributed by atoms with Crippen LogP contribution in [0.15, 0.2) is 15.9 Å². The molecule has 3 heteroatoms. The maximum absolute atomic E-state index is 10.4. The molecule has 1 aromatic rings. The van der Waals surface area contributed by atoms with Crippen molar-refractivity contribution in [3.63, 3.8) is 0 Å². The van der Waals surface area contributed by atoms with Gasteiger partial charge in [0.1, 0.15) is 0 Å². The SMILES string of the molecule is CC1(C)CCC(C(O)c2sccc2Br)CC1. The maximum Gasteiger partial charge on any atom is 0.0921 e. The lowest BCUT2D eigenvalue weighted by atomic mass is 9.71. The second-order valence-corrected chi connectivity index (χ2v) is 7.38. The third-order valence-corrected chi connectivity index (χ3v) is 5.69. The van der Waals surface area contributed by atoms with Crippen molar-refractivity contribution in [2.24, 2.45) is 11.3 Å². The molecular formula is C13H19BrOS. The van der Waals surface area contributed by atoms with Gasteiger partial charge in [0.2, 0.25) is 0 Å². The number of halogens is 1. The van der Waals surface area contributed by atoms with E-state index < -0.39 is 0 Å². The van der Waals surface area contributed by atoms with Gasteiger partial charge in [0.15, 0.2) is 0 Å². The maximum atomic E-state index is 10.4. The van der Waals surface area contributed by atoms with Gasteiger partial charge in [0, 0.05) is 9.35 Å². The summed E-state index contributed by atoms with van der Waals surface area (Å²) in [6.45, 7) is 4.66. The molecular weight excluding hydrogens is 284 g/mol. The Morgan fingerprint density at radius 2 is 2.06 bits per heavy atom. The predicted molar refractivity (Wildman–Crippen MR) is 72.7 cm³/mol. The van der Waals surface area contributed by atoms with Crippen LogP contribution in [0.1, 0.15) is 50.5 Å². The Balaban J connectivity index is 2.02. The van der Waals surface area contributed by atoms with Crippen molar-refractivity contribution in [1.82, 2.24) is 0 Å². The van der Waals surface area contributed by atoms with Gasteiger partial charge in [0.05, 0.1) is 6.10 Å². The summed E-state index contributed by atoms with van der Waals surface area (Å²) in [5.41, 5.74) is 0.475. The highest BCUT2D eigenvalue weighted by molar-refractivity contribution is 9.10. The molecule has 90 valence electrons. The number of aliphatic hydroxyl groups is 1. The van der Waals surface area contributed by atoms with Gasteiger partial charge in [-0.1, -0.05) is 13.8 Å². The molecule has 0 amide bonds. The van der Waals surface area contributed by atoms with Gasteiger partial charge in [-0.05, 0) is 64.4 Å². The topological polar surface area (TPSA) is 20.2 Å². The molecule has 1 aliphatic rings. The predicted octanol–water partition coefficient (Wildman–Crippen LogP) is 4.76. The van der Waals surface area contributed by atoms with E-state index in [0.29, 0.717) is 11.3 Å². The van der Waals surface area contributed by atoms with Crippen LogP contribution in [0.25, 0.3) is 0 Å². The zero-order chi connectivity index (χ0) is 11.8. The Bertz CT molecular complexity index is 349. The first-order valence-corrected chi connectivity index (χ1v) is 7.58. The van der Waals surface area contributed by atoms with Crippen LogP contribution >= 0.6 is 27.3 Å². The molecule has 0 aromatic carbocycles. The second kappa shape index (κ2) is 4.79. The Morgan fingerprint density at radius 3 is 2.56 bits per heavy atom. The van der Waals surface area contributed by atoms with E-state index in [-0.39, 0.29) is 6.10 Å². The van der Waals surface area contributed by atoms with Crippen LogP contribution in [0.2, 0.25) is 0 Å². The smallest absolute Gasteiger partial charge is 0.0921 e. The molecule has 1 heterocycles. The van der Waals surface area contributed by atoms with E-state index in [1.54, 1.807) is 11.3 Å². The fourth-order valence-corrected chi connectivity index (χ4v) is 4.15. The molecule has 1 aliphatic carbocycles. The van der Waals surface area contributed by atoms with Crippen LogP contribution in [0.5, 0.6) is 0 Å². The highest BCUT2D eigenvalue weighted by atomic mass is 79.9. The van der Waals surface area contributed by atoms with E-state index >= 15 is 0 Å². The normalized spacial score (nSPS) is 23.2. The third kappa shape index (κ3) is 2.69. The molecule has 0 saturated heterocycles. The summed E-state index contributed by atoms with van der Waals surface area (Å²) in [6.07, 6.45) is 4.50. The first-order valence-electron chi connectivity index (χ1n) is 5.90. The minimum Gasteiger partial charge on any atom is -0.387 e. The lowest BCUT2D eigenvalue weighted by molar-refractivity contribution is 0.0587. The summed E-state index contributed by atoms with van der Waals surface area (Å²) in [5.74, 6) is 0.447. The van der Waals surface area contributed by atoms with E-state index in [9.17, 15) is 5.11 Å². The van der Waals surface area contributed by atoms with Crippen molar-refractivity contribution in [3.05, 3.63) is 20.8 Å². The molecule has 0 bridgehead atoms. The highest BCUT2D eigenvalue weighted by Gasteiger charge is 2.32. The Kier molecular flexibility index (Phi) is 3.77. The second-order valence-electron chi connectivity index (χ2n) is 5.58. The molecule has 1 saturated carbocycles. The first kappa shape index (κ1) is 12.6. The fourth-order valence-electron chi connectivity index (χ4n) is 2.47. The molecule has 0 radical (unpaired) electrons. The van der Waals surface area contributed by atoms with Crippen molar-refractivity contribution in [1.29, 1.82) is 0 Å². The number of aliphatic hydroxyl groups excluding tert-OH is 1. The quantitative estimate of drug-likeness (QED) is 0.835. The van der Waals surface area contributed by atoms with Gasteiger partial charge in [-0.25, -0.2) is 0 Å². The van der Waals surface area contributed by atoms with E-state index in [1.165, 1.54) is 12.8 Å². The summed E-state index contributed by atoms with van der Waals surface area (Å²) in [7, 11) is 0. The van der Waals surface area contributed by atoms with Crippen molar-refractivity contribution < 1.29 is 5.11 Å². The van der Waals surface area contributed by atoms with Gasteiger partial charge in [-0.3, -0.25) is 0 Å². The Labute approximate surface area is 110 Å². The van der Waals surface area contributed by atoms with Gasteiger partial charge >= 0.3 is 0 Å². The standard InChI is InChI=1S/C13H19BrOS/c1-13(2)6-3-9(4-7-13)11(15)12-10(14)5-8-16-12/h5,8-9,11,15H,3-4,6-7H2,1-2H3. The lowest BCUT2D eigenvalue weighted by Crippen LogP contribution is -2.24. The van der Waals surface area contributed by atoms with E-state index in [0.717, 1.165) is 22.2 Å². The average Bonchev–Trinajstić information content (AvgIpc) is 2.63. The van der Waals surface area contributed by atoms with Crippen molar-refractivity contribution in [3.8, 4) is 0 Å². The minimum absolute atomic E-state index is 0.273. The fraction of sp³-hybridized carbons (Fsp3) is 0.692. The molecule has 1 nitrogen and oxygen atoms in total. The zero-order valence-corrected chi connectivity index (χ0v) is 12.3. The Morgan fingerprint density at radius 1 is 1.44 bits per heavy atom. The van der Waals surface area contributed by atoms with Gasteiger partial charge < -0.3 is 5.11 Å². The summed E-state index contributed by atoms with van der Waals surface area (Å²) < 4.78 is 1.06. The molecule has 1 aromatic heterocycles. The van der Waals surface area contributed by atoms with Crippen LogP contribution in [0.4, 0.5) is 0 Å².